The molecule has 1 atom stereocenters. The molecule has 0 saturated heterocycles. The fourth-order valence-corrected chi connectivity index (χ4v) is 2.39. The van der Waals surface area contributed by atoms with Crippen LogP contribution in [-0.2, 0) is 20.0 Å². The molecule has 0 amide bonds. The molecular formula is C14H18N6. The number of para-hydroxylation sites is 2. The van der Waals surface area contributed by atoms with Crippen LogP contribution >= 0.6 is 0 Å². The number of nitrogens with one attached hydrogen (secondary N) is 1. The van der Waals surface area contributed by atoms with E-state index in [-0.39, 0.29) is 0 Å². The van der Waals surface area contributed by atoms with E-state index in [1.165, 1.54) is 0 Å². The highest BCUT2D eigenvalue weighted by molar-refractivity contribution is 5.74. The Morgan fingerprint density at radius 1 is 1.30 bits per heavy atom. The number of aryl methyl sites for hydroxylation is 1. The average molecular weight is 270 g/mol. The summed E-state index contributed by atoms with van der Waals surface area (Å²) in [5.41, 5.74) is 3.19. The van der Waals surface area contributed by atoms with Gasteiger partial charge in [0.05, 0.1) is 23.1 Å². The maximum Gasteiger partial charge on any atom is 0.0958 e. The summed E-state index contributed by atoms with van der Waals surface area (Å²) in [7, 11) is 3.86. The van der Waals surface area contributed by atoms with Gasteiger partial charge in [-0.05, 0) is 19.2 Å². The lowest BCUT2D eigenvalue weighted by Gasteiger charge is -2.15. The van der Waals surface area contributed by atoms with E-state index in [4.69, 9.17) is 0 Å². The molecule has 0 fully saturated rings. The average Bonchev–Trinajstić information content (AvgIpc) is 3.05. The zero-order valence-corrected chi connectivity index (χ0v) is 11.7. The highest BCUT2D eigenvalue weighted by Gasteiger charge is 2.12. The van der Waals surface area contributed by atoms with Gasteiger partial charge in [-0.25, -0.2) is 4.98 Å². The van der Waals surface area contributed by atoms with Gasteiger partial charge in [0.15, 0.2) is 0 Å². The van der Waals surface area contributed by atoms with Gasteiger partial charge in [-0.15, -0.1) is 5.10 Å². The van der Waals surface area contributed by atoms with Crippen LogP contribution in [0.1, 0.15) is 5.69 Å². The second kappa shape index (κ2) is 5.42. The summed E-state index contributed by atoms with van der Waals surface area (Å²) in [6.45, 7) is 0.855. The first-order chi connectivity index (χ1) is 9.76. The molecule has 0 radical (unpaired) electrons. The highest BCUT2D eigenvalue weighted by atomic mass is 15.4. The van der Waals surface area contributed by atoms with Gasteiger partial charge >= 0.3 is 0 Å². The van der Waals surface area contributed by atoms with Gasteiger partial charge in [0, 0.05) is 32.3 Å². The van der Waals surface area contributed by atoms with Gasteiger partial charge < -0.3 is 9.88 Å². The third-order valence-corrected chi connectivity index (χ3v) is 3.46. The third kappa shape index (κ3) is 2.55. The molecule has 0 aliphatic heterocycles. The van der Waals surface area contributed by atoms with Crippen LogP contribution in [0.5, 0.6) is 0 Å². The predicted octanol–water partition coefficient (Wildman–Crippen LogP) is 0.995. The Hall–Kier alpha value is -2.21. The van der Waals surface area contributed by atoms with Crippen LogP contribution in [0.2, 0.25) is 0 Å². The molecule has 1 unspecified atom stereocenters. The summed E-state index contributed by atoms with van der Waals surface area (Å²) < 4.78 is 3.90. The molecule has 20 heavy (non-hydrogen) atoms. The number of likely N-dealkylation sites (N-methyl/N-ethyl adjacent to an activating group) is 1. The second-order valence-corrected chi connectivity index (χ2v) is 4.96. The Kier molecular flexibility index (Phi) is 3.47. The second-order valence-electron chi connectivity index (χ2n) is 4.96. The summed E-state index contributed by atoms with van der Waals surface area (Å²) in [6.07, 6.45) is 4.69. The molecule has 6 heteroatoms. The van der Waals surface area contributed by atoms with Crippen molar-refractivity contribution in [1.82, 2.24) is 29.9 Å². The summed E-state index contributed by atoms with van der Waals surface area (Å²) in [5, 5.41) is 11.5. The van der Waals surface area contributed by atoms with Crippen molar-refractivity contribution in [2.75, 3.05) is 7.05 Å². The third-order valence-electron chi connectivity index (χ3n) is 3.46. The minimum Gasteiger partial charge on any atom is -0.329 e. The van der Waals surface area contributed by atoms with Crippen LogP contribution in [0.15, 0.2) is 36.8 Å². The minimum atomic E-state index is 0.296. The van der Waals surface area contributed by atoms with Gasteiger partial charge in [-0.2, -0.15) is 0 Å². The van der Waals surface area contributed by atoms with E-state index < -0.39 is 0 Å². The van der Waals surface area contributed by atoms with Crippen molar-refractivity contribution >= 4 is 11.0 Å². The van der Waals surface area contributed by atoms with Gasteiger partial charge in [-0.1, -0.05) is 17.3 Å². The van der Waals surface area contributed by atoms with Crippen molar-refractivity contribution in [2.24, 2.45) is 7.05 Å². The van der Waals surface area contributed by atoms with Crippen LogP contribution in [-0.4, -0.2) is 37.6 Å². The van der Waals surface area contributed by atoms with E-state index in [1.54, 1.807) is 4.68 Å². The van der Waals surface area contributed by atoms with Crippen molar-refractivity contribution in [1.29, 1.82) is 0 Å². The Balaban J connectivity index is 1.77. The molecule has 2 aromatic heterocycles. The van der Waals surface area contributed by atoms with Gasteiger partial charge in [0.1, 0.15) is 0 Å². The lowest BCUT2D eigenvalue weighted by molar-refractivity contribution is 0.480. The number of hydrogen-bond donors (Lipinski definition) is 1. The quantitative estimate of drug-likeness (QED) is 0.751. The summed E-state index contributed by atoms with van der Waals surface area (Å²) in [6, 6.07) is 8.47. The Bertz CT molecular complexity index is 698. The fraction of sp³-hybridized carbons (Fsp3) is 0.357. The van der Waals surface area contributed by atoms with Crippen LogP contribution in [0.25, 0.3) is 11.0 Å². The molecule has 0 bridgehead atoms. The Morgan fingerprint density at radius 2 is 2.15 bits per heavy atom. The molecule has 3 rings (SSSR count). The first-order valence-electron chi connectivity index (χ1n) is 6.68. The van der Waals surface area contributed by atoms with E-state index in [9.17, 15) is 0 Å². The molecule has 1 aromatic carbocycles. The topological polar surface area (TPSA) is 60.6 Å². The van der Waals surface area contributed by atoms with E-state index in [2.05, 4.69) is 31.2 Å². The normalized spacial score (nSPS) is 12.9. The molecule has 104 valence electrons. The first kappa shape index (κ1) is 12.8. The molecule has 6 nitrogen and oxygen atoms in total. The van der Waals surface area contributed by atoms with Crippen molar-refractivity contribution in [3.63, 3.8) is 0 Å². The molecule has 1 N–H and O–H groups in total. The number of nitrogens with zero attached hydrogens (tertiary/aromatic N) is 5. The van der Waals surface area contributed by atoms with Crippen molar-refractivity contribution in [3.8, 4) is 0 Å². The molecule has 0 saturated carbocycles. The standard InChI is InChI=1S/C14H18N6/c1-15-11(7-12-8-19(2)18-17-12)9-20-10-16-13-5-3-4-6-14(13)20/h3-6,8,10-11,15H,7,9H2,1-2H3. The van der Waals surface area contributed by atoms with Crippen LogP contribution in [0.4, 0.5) is 0 Å². The molecule has 0 aliphatic rings. The lowest BCUT2D eigenvalue weighted by atomic mass is 10.1. The summed E-state index contributed by atoms with van der Waals surface area (Å²) in [5.74, 6) is 0. The predicted molar refractivity (Wildman–Crippen MR) is 77.3 cm³/mol. The monoisotopic (exact) mass is 270 g/mol. The number of imidazole rings is 1. The zero-order valence-electron chi connectivity index (χ0n) is 11.7. The summed E-state index contributed by atoms with van der Waals surface area (Å²) in [4.78, 5) is 4.42. The van der Waals surface area contributed by atoms with E-state index in [0.717, 1.165) is 29.7 Å². The number of rotatable bonds is 5. The van der Waals surface area contributed by atoms with Crippen LogP contribution in [0.3, 0.4) is 0 Å². The summed E-state index contributed by atoms with van der Waals surface area (Å²) >= 11 is 0. The van der Waals surface area contributed by atoms with E-state index in [0.29, 0.717) is 6.04 Å². The zero-order chi connectivity index (χ0) is 13.9. The van der Waals surface area contributed by atoms with Gasteiger partial charge in [0.25, 0.3) is 0 Å². The SMILES string of the molecule is CNC(Cc1cn(C)nn1)Cn1cnc2ccccc21. The van der Waals surface area contributed by atoms with Gasteiger partial charge in [-0.3, -0.25) is 4.68 Å². The maximum atomic E-state index is 4.42. The smallest absolute Gasteiger partial charge is 0.0958 e. The number of hydrogen-bond acceptors (Lipinski definition) is 4. The van der Waals surface area contributed by atoms with Crippen LogP contribution < -0.4 is 5.32 Å². The molecule has 2 heterocycles. The lowest BCUT2D eigenvalue weighted by Crippen LogP contribution is -2.32. The first-order valence-corrected chi connectivity index (χ1v) is 6.68. The molecule has 0 aliphatic carbocycles. The molecule has 3 aromatic rings. The van der Waals surface area contributed by atoms with E-state index >= 15 is 0 Å². The van der Waals surface area contributed by atoms with Crippen molar-refractivity contribution < 1.29 is 0 Å². The van der Waals surface area contributed by atoms with Crippen LogP contribution in [0, 0.1) is 0 Å². The van der Waals surface area contributed by atoms with Crippen molar-refractivity contribution in [2.45, 2.75) is 19.0 Å². The largest absolute Gasteiger partial charge is 0.329 e. The van der Waals surface area contributed by atoms with Gasteiger partial charge in [0.2, 0.25) is 0 Å². The fourth-order valence-electron chi connectivity index (χ4n) is 2.39. The Morgan fingerprint density at radius 3 is 2.90 bits per heavy atom. The minimum absolute atomic E-state index is 0.296. The van der Waals surface area contributed by atoms with E-state index in [1.807, 2.05) is 44.8 Å². The Labute approximate surface area is 117 Å². The molecule has 0 spiro atoms. The number of benzene rings is 1. The van der Waals surface area contributed by atoms with Crippen molar-refractivity contribution in [3.05, 3.63) is 42.5 Å². The highest BCUT2D eigenvalue weighted by Crippen LogP contribution is 2.13. The maximum absolute atomic E-state index is 4.42. The molecular weight excluding hydrogens is 252 g/mol. The number of fused-ring (bicyclic) bond motifs is 1. The number of aromatic nitrogens is 5.